The van der Waals surface area contributed by atoms with E-state index in [0.29, 0.717) is 12.1 Å². The lowest BCUT2D eigenvalue weighted by Gasteiger charge is -2.14. The van der Waals surface area contributed by atoms with Gasteiger partial charge in [0, 0.05) is 24.2 Å². The van der Waals surface area contributed by atoms with Crippen molar-refractivity contribution in [1.29, 1.82) is 0 Å². The minimum absolute atomic E-state index is 0.149. The van der Waals surface area contributed by atoms with Crippen LogP contribution in [0.3, 0.4) is 0 Å². The highest BCUT2D eigenvalue weighted by Crippen LogP contribution is 2.19. The van der Waals surface area contributed by atoms with Gasteiger partial charge in [-0.25, -0.2) is 0 Å². The van der Waals surface area contributed by atoms with Crippen molar-refractivity contribution < 1.29 is 4.92 Å². The van der Waals surface area contributed by atoms with E-state index < -0.39 is 0 Å². The molecule has 0 bridgehead atoms. The Bertz CT molecular complexity index is 594. The zero-order valence-corrected chi connectivity index (χ0v) is 11.7. The summed E-state index contributed by atoms with van der Waals surface area (Å²) in [6, 6.07) is 15.3. The Kier molecular flexibility index (Phi) is 4.48. The van der Waals surface area contributed by atoms with Gasteiger partial charge in [0.05, 0.1) is 4.92 Å². The number of benzene rings is 2. The molecule has 0 aliphatic carbocycles. The molecule has 0 saturated carbocycles. The Morgan fingerprint density at radius 3 is 2.45 bits per heavy atom. The molecule has 2 aromatic rings. The molecule has 0 amide bonds. The van der Waals surface area contributed by atoms with Gasteiger partial charge in [-0.2, -0.15) is 0 Å². The Balaban J connectivity index is 2.05. The zero-order valence-electron chi connectivity index (χ0n) is 11.7. The molecule has 4 heteroatoms. The van der Waals surface area contributed by atoms with Gasteiger partial charge in [0.2, 0.25) is 0 Å². The molecule has 0 radical (unpaired) electrons. The fourth-order valence-corrected chi connectivity index (χ4v) is 2.07. The number of nitrogens with zero attached hydrogens (tertiary/aromatic N) is 1. The summed E-state index contributed by atoms with van der Waals surface area (Å²) in [7, 11) is 0. The van der Waals surface area contributed by atoms with Crippen LogP contribution in [0.4, 0.5) is 5.69 Å². The lowest BCUT2D eigenvalue weighted by molar-refractivity contribution is -0.385. The number of nitro groups is 1. The summed E-state index contributed by atoms with van der Waals surface area (Å²) in [6.07, 6.45) is 0. The van der Waals surface area contributed by atoms with Crippen LogP contribution < -0.4 is 5.32 Å². The number of hydrogen-bond acceptors (Lipinski definition) is 3. The standard InChI is InChI=1S/C16H18N2O2/c1-12-7-9-14(10-8-12)13(2)17-11-15-5-3-4-6-16(15)18(19)20/h3-10,13,17H,11H2,1-2H3. The largest absolute Gasteiger partial charge is 0.306 e. The number of nitrogens with one attached hydrogen (secondary N) is 1. The molecule has 1 N–H and O–H groups in total. The summed E-state index contributed by atoms with van der Waals surface area (Å²) in [5.74, 6) is 0. The van der Waals surface area contributed by atoms with E-state index in [-0.39, 0.29) is 16.7 Å². The normalized spacial score (nSPS) is 12.1. The monoisotopic (exact) mass is 270 g/mol. The molecule has 2 aromatic carbocycles. The molecule has 0 fully saturated rings. The van der Waals surface area contributed by atoms with Gasteiger partial charge in [0.25, 0.3) is 5.69 Å². The Labute approximate surface area is 118 Å². The molecular weight excluding hydrogens is 252 g/mol. The molecular formula is C16H18N2O2. The maximum Gasteiger partial charge on any atom is 0.273 e. The molecule has 0 aliphatic heterocycles. The van der Waals surface area contributed by atoms with Crippen LogP contribution >= 0.6 is 0 Å². The molecule has 0 spiro atoms. The highest BCUT2D eigenvalue weighted by molar-refractivity contribution is 5.39. The van der Waals surface area contributed by atoms with E-state index in [9.17, 15) is 10.1 Å². The third kappa shape index (κ3) is 3.42. The van der Waals surface area contributed by atoms with E-state index in [1.54, 1.807) is 12.1 Å². The van der Waals surface area contributed by atoms with Crippen LogP contribution in [0.1, 0.15) is 29.7 Å². The smallest absolute Gasteiger partial charge is 0.273 e. The summed E-state index contributed by atoms with van der Waals surface area (Å²) >= 11 is 0. The number of aryl methyl sites for hydroxylation is 1. The van der Waals surface area contributed by atoms with Gasteiger partial charge in [-0.05, 0) is 19.4 Å². The van der Waals surface area contributed by atoms with Crippen LogP contribution in [-0.2, 0) is 6.54 Å². The molecule has 0 saturated heterocycles. The predicted octanol–water partition coefficient (Wildman–Crippen LogP) is 3.75. The van der Waals surface area contributed by atoms with Gasteiger partial charge in [-0.3, -0.25) is 10.1 Å². The average molecular weight is 270 g/mol. The number of hydrogen-bond donors (Lipinski definition) is 1. The summed E-state index contributed by atoms with van der Waals surface area (Å²) in [6.45, 7) is 4.58. The lowest BCUT2D eigenvalue weighted by atomic mass is 10.1. The molecule has 104 valence electrons. The van der Waals surface area contributed by atoms with Crippen molar-refractivity contribution in [3.8, 4) is 0 Å². The fraction of sp³-hybridized carbons (Fsp3) is 0.250. The van der Waals surface area contributed by atoms with Crippen LogP contribution in [0, 0.1) is 17.0 Å². The van der Waals surface area contributed by atoms with E-state index in [1.165, 1.54) is 17.2 Å². The van der Waals surface area contributed by atoms with Crippen molar-refractivity contribution in [2.24, 2.45) is 0 Å². The van der Waals surface area contributed by atoms with Gasteiger partial charge in [0.15, 0.2) is 0 Å². The summed E-state index contributed by atoms with van der Waals surface area (Å²) < 4.78 is 0. The predicted molar refractivity (Wildman–Crippen MR) is 79.5 cm³/mol. The van der Waals surface area contributed by atoms with Crippen molar-refractivity contribution in [1.82, 2.24) is 5.32 Å². The Morgan fingerprint density at radius 2 is 1.80 bits per heavy atom. The second-order valence-electron chi connectivity index (χ2n) is 4.90. The van der Waals surface area contributed by atoms with Crippen molar-refractivity contribution in [3.63, 3.8) is 0 Å². The first-order valence-corrected chi connectivity index (χ1v) is 6.60. The van der Waals surface area contributed by atoms with Crippen LogP contribution in [-0.4, -0.2) is 4.92 Å². The lowest BCUT2D eigenvalue weighted by Crippen LogP contribution is -2.18. The highest BCUT2D eigenvalue weighted by atomic mass is 16.6. The number of nitro benzene ring substituents is 1. The summed E-state index contributed by atoms with van der Waals surface area (Å²) in [5, 5.41) is 14.3. The third-order valence-electron chi connectivity index (χ3n) is 3.36. The van der Waals surface area contributed by atoms with E-state index in [0.717, 1.165) is 0 Å². The second-order valence-corrected chi connectivity index (χ2v) is 4.90. The maximum atomic E-state index is 11.0. The SMILES string of the molecule is Cc1ccc(C(C)NCc2ccccc2[N+](=O)[O-])cc1. The summed E-state index contributed by atoms with van der Waals surface area (Å²) in [5.41, 5.74) is 3.27. The van der Waals surface area contributed by atoms with E-state index in [4.69, 9.17) is 0 Å². The third-order valence-corrected chi connectivity index (χ3v) is 3.36. The van der Waals surface area contributed by atoms with Gasteiger partial charge in [-0.1, -0.05) is 48.0 Å². The van der Waals surface area contributed by atoms with Crippen molar-refractivity contribution in [3.05, 3.63) is 75.3 Å². The quantitative estimate of drug-likeness (QED) is 0.665. The molecule has 1 unspecified atom stereocenters. The molecule has 20 heavy (non-hydrogen) atoms. The molecule has 0 aliphatic rings. The fourth-order valence-electron chi connectivity index (χ4n) is 2.07. The van der Waals surface area contributed by atoms with Gasteiger partial charge in [-0.15, -0.1) is 0 Å². The Hall–Kier alpha value is -2.20. The van der Waals surface area contributed by atoms with E-state index in [1.807, 2.05) is 6.07 Å². The Morgan fingerprint density at radius 1 is 1.15 bits per heavy atom. The molecule has 2 rings (SSSR count). The van der Waals surface area contributed by atoms with Crippen LogP contribution in [0.2, 0.25) is 0 Å². The average Bonchev–Trinajstić information content (AvgIpc) is 2.45. The van der Waals surface area contributed by atoms with Crippen LogP contribution in [0.25, 0.3) is 0 Å². The maximum absolute atomic E-state index is 11.0. The molecule has 0 aromatic heterocycles. The minimum Gasteiger partial charge on any atom is -0.306 e. The molecule has 1 atom stereocenters. The van der Waals surface area contributed by atoms with Gasteiger partial charge < -0.3 is 5.32 Å². The first-order chi connectivity index (χ1) is 9.58. The zero-order chi connectivity index (χ0) is 14.5. The van der Waals surface area contributed by atoms with Crippen molar-refractivity contribution >= 4 is 5.69 Å². The topological polar surface area (TPSA) is 55.2 Å². The van der Waals surface area contributed by atoms with Crippen LogP contribution in [0.5, 0.6) is 0 Å². The number of rotatable bonds is 5. The minimum atomic E-state index is -0.340. The van der Waals surface area contributed by atoms with Crippen LogP contribution in [0.15, 0.2) is 48.5 Å². The van der Waals surface area contributed by atoms with E-state index >= 15 is 0 Å². The molecule has 0 heterocycles. The van der Waals surface area contributed by atoms with Gasteiger partial charge >= 0.3 is 0 Å². The van der Waals surface area contributed by atoms with E-state index in [2.05, 4.69) is 43.4 Å². The van der Waals surface area contributed by atoms with Crippen molar-refractivity contribution in [2.45, 2.75) is 26.4 Å². The highest BCUT2D eigenvalue weighted by Gasteiger charge is 2.13. The first kappa shape index (κ1) is 14.2. The molecule has 4 nitrogen and oxygen atoms in total. The van der Waals surface area contributed by atoms with Gasteiger partial charge in [0.1, 0.15) is 0 Å². The van der Waals surface area contributed by atoms with Crippen molar-refractivity contribution in [2.75, 3.05) is 0 Å². The first-order valence-electron chi connectivity index (χ1n) is 6.60. The number of para-hydroxylation sites is 1. The summed E-state index contributed by atoms with van der Waals surface area (Å²) in [4.78, 5) is 10.6. The second kappa shape index (κ2) is 6.30.